The molecule has 1 heterocycles. The van der Waals surface area contributed by atoms with E-state index in [2.05, 4.69) is 15.5 Å². The van der Waals surface area contributed by atoms with E-state index in [-0.39, 0.29) is 12.3 Å². The molecule has 1 amide bonds. The first-order valence-corrected chi connectivity index (χ1v) is 8.75. The Morgan fingerprint density at radius 3 is 2.36 bits per heavy atom. The summed E-state index contributed by atoms with van der Waals surface area (Å²) < 4.78 is 15.8. The van der Waals surface area contributed by atoms with Gasteiger partial charge < -0.3 is 19.5 Å². The van der Waals surface area contributed by atoms with Crippen molar-refractivity contribution in [2.45, 2.75) is 13.3 Å². The molecule has 0 bridgehead atoms. The van der Waals surface area contributed by atoms with Crippen molar-refractivity contribution in [2.75, 3.05) is 26.6 Å². The minimum absolute atomic E-state index is 0.128. The first-order chi connectivity index (χ1) is 13.5. The molecule has 2 aromatic carbocycles. The van der Waals surface area contributed by atoms with Crippen LogP contribution < -0.4 is 19.5 Å². The van der Waals surface area contributed by atoms with Crippen molar-refractivity contribution < 1.29 is 19.0 Å². The maximum atomic E-state index is 12.6. The number of hydrogen-bond donors (Lipinski definition) is 2. The van der Waals surface area contributed by atoms with Gasteiger partial charge in [0.25, 0.3) is 0 Å². The molecule has 0 saturated heterocycles. The predicted molar refractivity (Wildman–Crippen MR) is 107 cm³/mol. The number of methoxy groups -OCH3 is 3. The summed E-state index contributed by atoms with van der Waals surface area (Å²) in [7, 11) is 4.77. The molecule has 7 heteroatoms. The topological polar surface area (TPSA) is 85.5 Å². The van der Waals surface area contributed by atoms with Gasteiger partial charge in [-0.3, -0.25) is 9.89 Å². The number of anilines is 1. The smallest absolute Gasteiger partial charge is 0.228 e. The Labute approximate surface area is 163 Å². The number of carbonyl (C=O) groups excluding carboxylic acids is 1. The summed E-state index contributed by atoms with van der Waals surface area (Å²) in [5, 5.41) is 10.2. The van der Waals surface area contributed by atoms with Gasteiger partial charge >= 0.3 is 0 Å². The molecule has 0 fully saturated rings. The van der Waals surface area contributed by atoms with Gasteiger partial charge in [-0.15, -0.1) is 0 Å². The van der Waals surface area contributed by atoms with Crippen LogP contribution in [0, 0.1) is 6.92 Å². The largest absolute Gasteiger partial charge is 0.497 e. The van der Waals surface area contributed by atoms with Gasteiger partial charge in [-0.1, -0.05) is 12.1 Å². The summed E-state index contributed by atoms with van der Waals surface area (Å²) in [6.07, 6.45) is 0.250. The summed E-state index contributed by atoms with van der Waals surface area (Å²) in [6.45, 7) is 1.86. The lowest BCUT2D eigenvalue weighted by Crippen LogP contribution is -2.15. The monoisotopic (exact) mass is 381 g/mol. The van der Waals surface area contributed by atoms with Crippen molar-refractivity contribution >= 4 is 11.6 Å². The molecular weight excluding hydrogens is 358 g/mol. The molecular formula is C21H23N3O4. The zero-order valence-corrected chi connectivity index (χ0v) is 16.3. The summed E-state index contributed by atoms with van der Waals surface area (Å²) in [6, 6.07) is 12.9. The van der Waals surface area contributed by atoms with Crippen LogP contribution in [-0.4, -0.2) is 37.4 Å². The number of amides is 1. The Bertz CT molecular complexity index is 964. The van der Waals surface area contributed by atoms with Gasteiger partial charge in [0.1, 0.15) is 11.4 Å². The lowest BCUT2D eigenvalue weighted by atomic mass is 10.1. The number of aryl methyl sites for hydroxylation is 1. The first kappa shape index (κ1) is 19.3. The Morgan fingerprint density at radius 1 is 1.00 bits per heavy atom. The van der Waals surface area contributed by atoms with E-state index < -0.39 is 0 Å². The number of nitrogens with one attached hydrogen (secondary N) is 2. The Kier molecular flexibility index (Phi) is 5.84. The highest BCUT2D eigenvalue weighted by Crippen LogP contribution is 2.35. The number of benzene rings is 2. The Morgan fingerprint density at radius 2 is 1.71 bits per heavy atom. The Hall–Kier alpha value is -3.48. The molecule has 3 aromatic rings. The number of aromatic amines is 1. The highest BCUT2D eigenvalue weighted by Gasteiger charge is 2.17. The van der Waals surface area contributed by atoms with Crippen LogP contribution in [0.15, 0.2) is 42.5 Å². The predicted octanol–water partition coefficient (Wildman–Crippen LogP) is 3.59. The molecule has 0 saturated carbocycles. The van der Waals surface area contributed by atoms with Crippen molar-refractivity contribution in [2.24, 2.45) is 0 Å². The highest BCUT2D eigenvalue weighted by molar-refractivity contribution is 5.96. The first-order valence-electron chi connectivity index (χ1n) is 8.75. The summed E-state index contributed by atoms with van der Waals surface area (Å²) in [5.41, 5.74) is 3.76. The minimum atomic E-state index is -0.128. The molecule has 0 unspecified atom stereocenters. The van der Waals surface area contributed by atoms with E-state index >= 15 is 0 Å². The van der Waals surface area contributed by atoms with E-state index in [1.807, 2.05) is 43.3 Å². The number of hydrogen-bond acceptors (Lipinski definition) is 5. The summed E-state index contributed by atoms with van der Waals surface area (Å²) >= 11 is 0. The second-order valence-electron chi connectivity index (χ2n) is 6.22. The molecule has 0 aliphatic heterocycles. The third-order valence-electron chi connectivity index (χ3n) is 4.39. The number of rotatable bonds is 7. The van der Waals surface area contributed by atoms with E-state index in [0.717, 1.165) is 22.6 Å². The number of carbonyl (C=O) groups is 1. The van der Waals surface area contributed by atoms with E-state index in [1.165, 1.54) is 0 Å². The molecule has 0 aliphatic carbocycles. The summed E-state index contributed by atoms with van der Waals surface area (Å²) in [4.78, 5) is 12.6. The molecule has 146 valence electrons. The SMILES string of the molecule is COc1ccc(CC(=O)Nc2c(-c3ccc(OC)c(OC)c3)n[nH]c2C)cc1. The van der Waals surface area contributed by atoms with E-state index in [1.54, 1.807) is 27.4 Å². The van der Waals surface area contributed by atoms with Crippen LogP contribution in [-0.2, 0) is 11.2 Å². The van der Waals surface area contributed by atoms with Gasteiger partial charge in [0, 0.05) is 5.56 Å². The van der Waals surface area contributed by atoms with Crippen LogP contribution in [0.1, 0.15) is 11.3 Å². The molecule has 7 nitrogen and oxygen atoms in total. The van der Waals surface area contributed by atoms with Crippen molar-refractivity contribution in [3.8, 4) is 28.5 Å². The molecule has 0 aliphatic rings. The molecule has 1 aromatic heterocycles. The van der Waals surface area contributed by atoms with Crippen molar-refractivity contribution in [3.63, 3.8) is 0 Å². The lowest BCUT2D eigenvalue weighted by Gasteiger charge is -2.11. The normalized spacial score (nSPS) is 10.4. The van der Waals surface area contributed by atoms with Crippen LogP contribution in [0.25, 0.3) is 11.3 Å². The van der Waals surface area contributed by atoms with Crippen LogP contribution in [0.3, 0.4) is 0 Å². The maximum Gasteiger partial charge on any atom is 0.228 e. The quantitative estimate of drug-likeness (QED) is 0.653. The molecule has 0 spiro atoms. The molecule has 28 heavy (non-hydrogen) atoms. The van der Waals surface area contributed by atoms with Gasteiger partial charge in [-0.2, -0.15) is 5.10 Å². The molecule has 3 rings (SSSR count). The van der Waals surface area contributed by atoms with Crippen LogP contribution in [0.2, 0.25) is 0 Å². The van der Waals surface area contributed by atoms with Gasteiger partial charge in [0.15, 0.2) is 11.5 Å². The van der Waals surface area contributed by atoms with Crippen LogP contribution >= 0.6 is 0 Å². The fourth-order valence-corrected chi connectivity index (χ4v) is 2.89. The second kappa shape index (κ2) is 8.47. The molecule has 0 radical (unpaired) electrons. The number of nitrogens with zero attached hydrogens (tertiary/aromatic N) is 1. The molecule has 2 N–H and O–H groups in total. The zero-order chi connectivity index (χ0) is 20.1. The maximum absolute atomic E-state index is 12.6. The third kappa shape index (κ3) is 4.09. The number of ether oxygens (including phenoxy) is 3. The molecule has 0 atom stereocenters. The second-order valence-corrected chi connectivity index (χ2v) is 6.22. The number of H-pyrrole nitrogens is 1. The fraction of sp³-hybridized carbons (Fsp3) is 0.238. The average Bonchev–Trinajstić information content (AvgIpc) is 3.08. The van der Waals surface area contributed by atoms with E-state index in [9.17, 15) is 4.79 Å². The van der Waals surface area contributed by atoms with Gasteiger partial charge in [0.05, 0.1) is 39.1 Å². The van der Waals surface area contributed by atoms with Crippen LogP contribution in [0.5, 0.6) is 17.2 Å². The lowest BCUT2D eigenvalue weighted by molar-refractivity contribution is -0.115. The van der Waals surface area contributed by atoms with Crippen molar-refractivity contribution in [1.29, 1.82) is 0 Å². The minimum Gasteiger partial charge on any atom is -0.497 e. The highest BCUT2D eigenvalue weighted by atomic mass is 16.5. The fourth-order valence-electron chi connectivity index (χ4n) is 2.89. The van der Waals surface area contributed by atoms with Gasteiger partial charge in [-0.25, -0.2) is 0 Å². The number of aromatic nitrogens is 2. The van der Waals surface area contributed by atoms with Gasteiger partial charge in [0.2, 0.25) is 5.91 Å². The standard InChI is InChI=1S/C21H23N3O4/c1-13-20(22-19(25)11-14-5-8-16(26-2)9-6-14)21(24-23-13)15-7-10-17(27-3)18(12-15)28-4/h5-10,12H,11H2,1-4H3,(H,22,25)(H,23,24). The van der Waals surface area contributed by atoms with Crippen molar-refractivity contribution in [1.82, 2.24) is 10.2 Å². The van der Waals surface area contributed by atoms with E-state index in [4.69, 9.17) is 14.2 Å². The average molecular weight is 381 g/mol. The van der Waals surface area contributed by atoms with Crippen LogP contribution in [0.4, 0.5) is 5.69 Å². The zero-order valence-electron chi connectivity index (χ0n) is 16.3. The van der Waals surface area contributed by atoms with Crippen molar-refractivity contribution in [3.05, 3.63) is 53.7 Å². The Balaban J connectivity index is 1.81. The van der Waals surface area contributed by atoms with E-state index in [0.29, 0.717) is 22.9 Å². The summed E-state index contributed by atoms with van der Waals surface area (Å²) in [5.74, 6) is 1.85. The third-order valence-corrected chi connectivity index (χ3v) is 4.39. The van der Waals surface area contributed by atoms with Gasteiger partial charge in [-0.05, 0) is 42.8 Å².